The Morgan fingerprint density at radius 1 is 1.16 bits per heavy atom. The molecule has 136 valence electrons. The molecule has 1 heterocycles. The molecule has 25 heavy (non-hydrogen) atoms. The van der Waals surface area contributed by atoms with Crippen LogP contribution in [0.1, 0.15) is 32.0 Å². The summed E-state index contributed by atoms with van der Waals surface area (Å²) in [5.74, 6) is 0.0244. The van der Waals surface area contributed by atoms with Gasteiger partial charge in [0.15, 0.2) is 5.13 Å². The largest absolute Gasteiger partial charge is 0.354 e. The summed E-state index contributed by atoms with van der Waals surface area (Å²) in [5.41, 5.74) is 3.13. The van der Waals surface area contributed by atoms with Gasteiger partial charge in [0.05, 0.1) is 12.1 Å². The monoisotopic (exact) mass is 360 g/mol. The summed E-state index contributed by atoms with van der Waals surface area (Å²) in [4.78, 5) is 18.8. The zero-order chi connectivity index (χ0) is 18.1. The highest BCUT2D eigenvalue weighted by Crippen LogP contribution is 2.21. The maximum absolute atomic E-state index is 12.0. The van der Waals surface area contributed by atoms with Gasteiger partial charge in [0.2, 0.25) is 5.91 Å². The van der Waals surface area contributed by atoms with Gasteiger partial charge < -0.3 is 15.5 Å². The van der Waals surface area contributed by atoms with Gasteiger partial charge >= 0.3 is 0 Å². The van der Waals surface area contributed by atoms with Crippen LogP contribution in [0.25, 0.3) is 0 Å². The van der Waals surface area contributed by atoms with Gasteiger partial charge in [-0.05, 0) is 37.2 Å². The van der Waals surface area contributed by atoms with Crippen molar-refractivity contribution < 1.29 is 4.79 Å². The molecule has 0 aliphatic carbocycles. The molecule has 0 aliphatic rings. The van der Waals surface area contributed by atoms with E-state index in [2.05, 4.69) is 65.6 Å². The minimum absolute atomic E-state index is 0.0244. The maximum atomic E-state index is 12.0. The second-order valence-corrected chi connectivity index (χ2v) is 6.73. The number of amides is 1. The van der Waals surface area contributed by atoms with Crippen LogP contribution in [0.2, 0.25) is 0 Å². The normalized spacial score (nSPS) is 10.9. The van der Waals surface area contributed by atoms with Crippen molar-refractivity contribution in [2.24, 2.45) is 0 Å². The molecular formula is C19H28N4OS. The predicted octanol–water partition coefficient (Wildman–Crippen LogP) is 3.45. The first kappa shape index (κ1) is 19.4. The Kier molecular flexibility index (Phi) is 7.88. The van der Waals surface area contributed by atoms with Crippen LogP contribution in [0.4, 0.5) is 10.8 Å². The molecule has 0 unspecified atom stereocenters. The maximum Gasteiger partial charge on any atom is 0.226 e. The number of carbonyl (C=O) groups is 1. The van der Waals surface area contributed by atoms with Crippen molar-refractivity contribution in [3.05, 3.63) is 40.9 Å². The molecular weight excluding hydrogens is 332 g/mol. The molecule has 0 bridgehead atoms. The van der Waals surface area contributed by atoms with Crippen molar-refractivity contribution in [1.29, 1.82) is 0 Å². The van der Waals surface area contributed by atoms with Crippen molar-refractivity contribution in [3.63, 3.8) is 0 Å². The Hall–Kier alpha value is -1.92. The van der Waals surface area contributed by atoms with Crippen molar-refractivity contribution in [2.75, 3.05) is 31.5 Å². The lowest BCUT2D eigenvalue weighted by molar-refractivity contribution is -0.120. The Morgan fingerprint density at radius 3 is 2.52 bits per heavy atom. The summed E-state index contributed by atoms with van der Waals surface area (Å²) in [5, 5.41) is 9.01. The number of likely N-dealkylation sites (N-methyl/N-ethyl adjacent to an activating group) is 1. The number of aromatic nitrogens is 1. The summed E-state index contributed by atoms with van der Waals surface area (Å²) in [6, 6.07) is 8.33. The van der Waals surface area contributed by atoms with Crippen LogP contribution >= 0.6 is 11.3 Å². The van der Waals surface area contributed by atoms with E-state index in [4.69, 9.17) is 0 Å². The summed E-state index contributed by atoms with van der Waals surface area (Å²) in [7, 11) is 0. The molecule has 1 amide bonds. The van der Waals surface area contributed by atoms with E-state index in [9.17, 15) is 4.79 Å². The second-order valence-electron chi connectivity index (χ2n) is 5.87. The van der Waals surface area contributed by atoms with E-state index in [1.54, 1.807) is 0 Å². The molecule has 1 aromatic heterocycles. The van der Waals surface area contributed by atoms with Crippen molar-refractivity contribution in [3.8, 4) is 0 Å². The van der Waals surface area contributed by atoms with Crippen LogP contribution in [0.5, 0.6) is 0 Å². The second kappa shape index (κ2) is 10.2. The third-order valence-corrected chi connectivity index (χ3v) is 4.96. The molecule has 2 aromatic rings. The number of hydrogen-bond acceptors (Lipinski definition) is 5. The summed E-state index contributed by atoms with van der Waals surface area (Å²) in [6.45, 7) is 9.98. The van der Waals surface area contributed by atoms with Crippen molar-refractivity contribution in [2.45, 2.75) is 33.6 Å². The molecule has 0 aliphatic heterocycles. The van der Waals surface area contributed by atoms with Crippen LogP contribution in [0, 0.1) is 0 Å². The third kappa shape index (κ3) is 6.48. The summed E-state index contributed by atoms with van der Waals surface area (Å²) >= 11 is 1.52. The number of nitrogens with one attached hydrogen (secondary N) is 2. The van der Waals surface area contributed by atoms with E-state index in [0.717, 1.165) is 42.6 Å². The van der Waals surface area contributed by atoms with Gasteiger partial charge in [-0.3, -0.25) is 4.79 Å². The van der Waals surface area contributed by atoms with Gasteiger partial charge in [-0.2, -0.15) is 0 Å². The smallest absolute Gasteiger partial charge is 0.226 e. The van der Waals surface area contributed by atoms with Gasteiger partial charge in [0.25, 0.3) is 0 Å². The lowest BCUT2D eigenvalue weighted by Crippen LogP contribution is -2.35. The zero-order valence-corrected chi connectivity index (χ0v) is 16.2. The number of carbonyl (C=O) groups excluding carboxylic acids is 1. The average Bonchev–Trinajstić information content (AvgIpc) is 3.06. The van der Waals surface area contributed by atoms with Crippen molar-refractivity contribution >= 4 is 28.1 Å². The number of hydrogen-bond donors (Lipinski definition) is 2. The number of rotatable bonds is 10. The first-order valence-electron chi connectivity index (χ1n) is 8.94. The van der Waals surface area contributed by atoms with E-state index < -0.39 is 0 Å². The molecule has 0 atom stereocenters. The lowest BCUT2D eigenvalue weighted by Gasteiger charge is -2.17. The van der Waals surface area contributed by atoms with E-state index in [1.807, 2.05) is 5.38 Å². The minimum atomic E-state index is 0.0244. The number of nitrogens with zero attached hydrogens (tertiary/aromatic N) is 2. The van der Waals surface area contributed by atoms with Crippen LogP contribution < -0.4 is 10.6 Å². The van der Waals surface area contributed by atoms with Gasteiger partial charge in [-0.25, -0.2) is 4.98 Å². The fourth-order valence-electron chi connectivity index (χ4n) is 2.51. The Morgan fingerprint density at radius 2 is 1.88 bits per heavy atom. The average molecular weight is 361 g/mol. The van der Waals surface area contributed by atoms with E-state index in [-0.39, 0.29) is 5.91 Å². The first-order chi connectivity index (χ1) is 12.1. The molecule has 0 saturated carbocycles. The van der Waals surface area contributed by atoms with E-state index in [0.29, 0.717) is 13.0 Å². The number of aryl methyl sites for hydroxylation is 1. The van der Waals surface area contributed by atoms with Crippen LogP contribution in [-0.2, 0) is 17.6 Å². The standard InChI is InChI=1S/C19H28N4OS/c1-4-15-7-9-16(10-8-15)21-19-22-17(14-25-19)13-18(24)20-11-12-23(5-2)6-3/h7-10,14H,4-6,11-13H2,1-3H3,(H,20,24)(H,21,22). The zero-order valence-electron chi connectivity index (χ0n) is 15.3. The summed E-state index contributed by atoms with van der Waals surface area (Å²) in [6.07, 6.45) is 1.36. The molecule has 2 N–H and O–H groups in total. The first-order valence-corrected chi connectivity index (χ1v) is 9.82. The predicted molar refractivity (Wildman–Crippen MR) is 106 cm³/mol. The Balaban J connectivity index is 1.79. The van der Waals surface area contributed by atoms with E-state index >= 15 is 0 Å². The molecule has 6 heteroatoms. The van der Waals surface area contributed by atoms with Gasteiger partial charge in [0, 0.05) is 24.2 Å². The number of anilines is 2. The fraction of sp³-hybridized carbons (Fsp3) is 0.474. The summed E-state index contributed by atoms with van der Waals surface area (Å²) < 4.78 is 0. The molecule has 0 spiro atoms. The number of thiazole rings is 1. The molecule has 5 nitrogen and oxygen atoms in total. The fourth-order valence-corrected chi connectivity index (χ4v) is 3.24. The third-order valence-electron chi connectivity index (χ3n) is 4.15. The lowest BCUT2D eigenvalue weighted by atomic mass is 10.1. The molecule has 0 fully saturated rings. The quantitative estimate of drug-likeness (QED) is 0.681. The van der Waals surface area contributed by atoms with Gasteiger partial charge in [-0.15, -0.1) is 11.3 Å². The van der Waals surface area contributed by atoms with Crippen molar-refractivity contribution in [1.82, 2.24) is 15.2 Å². The molecule has 0 saturated heterocycles. The topological polar surface area (TPSA) is 57.3 Å². The highest BCUT2D eigenvalue weighted by atomic mass is 32.1. The number of benzene rings is 1. The van der Waals surface area contributed by atoms with Gasteiger partial charge in [-0.1, -0.05) is 32.9 Å². The SMILES string of the molecule is CCc1ccc(Nc2nc(CC(=O)NCCN(CC)CC)cs2)cc1. The molecule has 0 radical (unpaired) electrons. The minimum Gasteiger partial charge on any atom is -0.354 e. The van der Waals surface area contributed by atoms with Crippen LogP contribution in [0.15, 0.2) is 29.6 Å². The highest BCUT2D eigenvalue weighted by molar-refractivity contribution is 7.13. The Labute approximate surface area is 154 Å². The molecule has 2 rings (SSSR count). The Bertz CT molecular complexity index is 650. The molecule has 1 aromatic carbocycles. The van der Waals surface area contributed by atoms with Crippen LogP contribution in [-0.4, -0.2) is 42.0 Å². The highest BCUT2D eigenvalue weighted by Gasteiger charge is 2.08. The van der Waals surface area contributed by atoms with E-state index in [1.165, 1.54) is 16.9 Å². The van der Waals surface area contributed by atoms with Gasteiger partial charge in [0.1, 0.15) is 0 Å². The van der Waals surface area contributed by atoms with Crippen LogP contribution in [0.3, 0.4) is 0 Å².